The van der Waals surface area contributed by atoms with Gasteiger partial charge in [0, 0.05) is 31.0 Å². The number of likely N-dealkylation sites (tertiary alicyclic amines) is 1. The number of Topliss-reactive ketones (excluding diaryl/α,β-unsaturated/α-hetero) is 1. The number of amides is 1. The van der Waals surface area contributed by atoms with Crippen LogP contribution in [0.2, 0.25) is 0 Å². The van der Waals surface area contributed by atoms with Gasteiger partial charge in [0.25, 0.3) is 5.91 Å². The van der Waals surface area contributed by atoms with Gasteiger partial charge in [0.1, 0.15) is 5.78 Å². The van der Waals surface area contributed by atoms with E-state index >= 15 is 0 Å². The summed E-state index contributed by atoms with van der Waals surface area (Å²) in [5.74, 6) is 0.644. The highest BCUT2D eigenvalue weighted by Crippen LogP contribution is 2.25. The summed E-state index contributed by atoms with van der Waals surface area (Å²) in [5, 5.41) is 0. The summed E-state index contributed by atoms with van der Waals surface area (Å²) >= 11 is 0. The van der Waals surface area contributed by atoms with Crippen molar-refractivity contribution in [2.45, 2.75) is 45.4 Å². The number of hydrogen-bond acceptors (Lipinski definition) is 2. The van der Waals surface area contributed by atoms with Crippen molar-refractivity contribution in [2.75, 3.05) is 13.1 Å². The molecule has 0 unspecified atom stereocenters. The first-order valence-electron chi connectivity index (χ1n) is 8.13. The molecule has 1 heterocycles. The fourth-order valence-electron chi connectivity index (χ4n) is 3.58. The quantitative estimate of drug-likeness (QED) is 0.856. The number of carbonyl (C=O) groups excluding carboxylic acids is 2. The molecule has 1 aromatic carbocycles. The van der Waals surface area contributed by atoms with Crippen LogP contribution in [0.3, 0.4) is 0 Å². The summed E-state index contributed by atoms with van der Waals surface area (Å²) in [7, 11) is 0. The van der Waals surface area contributed by atoms with Crippen LogP contribution in [0.25, 0.3) is 0 Å². The number of piperidine rings is 1. The molecule has 0 spiro atoms. The number of nitrogens with zero attached hydrogens (tertiary/aromatic N) is 1. The van der Waals surface area contributed by atoms with E-state index in [1.54, 1.807) is 0 Å². The van der Waals surface area contributed by atoms with Gasteiger partial charge in [0.05, 0.1) is 0 Å². The maximum atomic E-state index is 12.6. The summed E-state index contributed by atoms with van der Waals surface area (Å²) in [6.07, 6.45) is 5.71. The molecule has 0 aromatic heterocycles. The number of hydrogen-bond donors (Lipinski definition) is 0. The van der Waals surface area contributed by atoms with Crippen molar-refractivity contribution in [1.29, 1.82) is 0 Å². The highest BCUT2D eigenvalue weighted by Gasteiger charge is 2.27. The molecular weight excluding hydrogens is 262 g/mol. The fraction of sp³-hybridized carbons (Fsp3) is 0.556. The molecule has 1 aromatic rings. The van der Waals surface area contributed by atoms with Crippen molar-refractivity contribution in [3.63, 3.8) is 0 Å². The normalized spacial score (nSPS) is 18.6. The molecule has 1 saturated heterocycles. The van der Waals surface area contributed by atoms with Crippen molar-refractivity contribution in [3.8, 4) is 0 Å². The lowest BCUT2D eigenvalue weighted by Crippen LogP contribution is -2.40. The lowest BCUT2D eigenvalue weighted by molar-refractivity contribution is -0.123. The molecule has 1 amide bonds. The second kappa shape index (κ2) is 6.00. The molecule has 3 rings (SSSR count). The van der Waals surface area contributed by atoms with Gasteiger partial charge in [-0.2, -0.15) is 0 Å². The summed E-state index contributed by atoms with van der Waals surface area (Å²) in [6.45, 7) is 3.35. The Kier molecular flexibility index (Phi) is 4.09. The standard InChI is InChI=1S/C18H23NO2/c1-2-17(20)14-8-10-19(11-9-14)18(21)16-7-6-13-4-3-5-15(13)12-16/h6-7,12,14H,2-5,8-11H2,1H3. The van der Waals surface area contributed by atoms with Crippen molar-refractivity contribution >= 4 is 11.7 Å². The molecule has 1 aliphatic heterocycles. The van der Waals surface area contributed by atoms with E-state index in [2.05, 4.69) is 12.1 Å². The third-order valence-electron chi connectivity index (χ3n) is 4.93. The van der Waals surface area contributed by atoms with Crippen LogP contribution in [0.5, 0.6) is 0 Å². The summed E-state index contributed by atoms with van der Waals surface area (Å²) in [5.41, 5.74) is 3.56. The molecule has 3 heteroatoms. The highest BCUT2D eigenvalue weighted by molar-refractivity contribution is 5.94. The van der Waals surface area contributed by atoms with Gasteiger partial charge in [0.2, 0.25) is 0 Å². The monoisotopic (exact) mass is 285 g/mol. The predicted octanol–water partition coefficient (Wildman–Crippen LogP) is 3.01. The Morgan fingerprint density at radius 3 is 2.57 bits per heavy atom. The zero-order valence-corrected chi connectivity index (χ0v) is 12.7. The minimum Gasteiger partial charge on any atom is -0.339 e. The fourth-order valence-corrected chi connectivity index (χ4v) is 3.58. The molecule has 0 saturated carbocycles. The molecular formula is C18H23NO2. The Bertz CT molecular complexity index is 556. The molecule has 2 aliphatic rings. The van der Waals surface area contributed by atoms with Gasteiger partial charge in [-0.25, -0.2) is 0 Å². The predicted molar refractivity (Wildman–Crippen MR) is 82.4 cm³/mol. The van der Waals surface area contributed by atoms with Crippen LogP contribution in [-0.4, -0.2) is 29.7 Å². The topological polar surface area (TPSA) is 37.4 Å². The number of carbonyl (C=O) groups is 2. The van der Waals surface area contributed by atoms with Crippen LogP contribution < -0.4 is 0 Å². The van der Waals surface area contributed by atoms with E-state index < -0.39 is 0 Å². The molecule has 0 N–H and O–H groups in total. The zero-order valence-electron chi connectivity index (χ0n) is 12.7. The SMILES string of the molecule is CCC(=O)C1CCN(C(=O)c2ccc3c(c2)CCC3)CC1. The first kappa shape index (κ1) is 14.3. The Morgan fingerprint density at radius 2 is 1.86 bits per heavy atom. The van der Waals surface area contributed by atoms with Gasteiger partial charge >= 0.3 is 0 Å². The Morgan fingerprint density at radius 1 is 1.14 bits per heavy atom. The number of aryl methyl sites for hydroxylation is 2. The lowest BCUT2D eigenvalue weighted by atomic mass is 9.91. The van der Waals surface area contributed by atoms with Crippen molar-refractivity contribution in [1.82, 2.24) is 4.90 Å². The molecule has 3 nitrogen and oxygen atoms in total. The van der Waals surface area contributed by atoms with E-state index in [0.717, 1.165) is 31.2 Å². The lowest BCUT2D eigenvalue weighted by Gasteiger charge is -2.31. The molecule has 0 radical (unpaired) electrons. The maximum absolute atomic E-state index is 12.6. The van der Waals surface area contributed by atoms with Gasteiger partial charge in [-0.15, -0.1) is 0 Å². The molecule has 1 fully saturated rings. The number of ketones is 1. The third-order valence-corrected chi connectivity index (χ3v) is 4.93. The second-order valence-electron chi connectivity index (χ2n) is 6.22. The molecule has 21 heavy (non-hydrogen) atoms. The average molecular weight is 285 g/mol. The van der Waals surface area contributed by atoms with Crippen LogP contribution >= 0.6 is 0 Å². The second-order valence-corrected chi connectivity index (χ2v) is 6.22. The summed E-state index contributed by atoms with van der Waals surface area (Å²) in [6, 6.07) is 6.16. The minimum absolute atomic E-state index is 0.132. The Labute approximate surface area is 126 Å². The smallest absolute Gasteiger partial charge is 0.253 e. The summed E-state index contributed by atoms with van der Waals surface area (Å²) < 4.78 is 0. The van der Waals surface area contributed by atoms with Gasteiger partial charge in [0.15, 0.2) is 0 Å². The van der Waals surface area contributed by atoms with Gasteiger partial charge in [-0.1, -0.05) is 13.0 Å². The molecule has 112 valence electrons. The maximum Gasteiger partial charge on any atom is 0.253 e. The van der Waals surface area contributed by atoms with E-state index in [1.165, 1.54) is 17.5 Å². The van der Waals surface area contributed by atoms with Crippen LogP contribution in [0.4, 0.5) is 0 Å². The Balaban J connectivity index is 1.65. The van der Waals surface area contributed by atoms with Gasteiger partial charge in [-0.05, 0) is 55.4 Å². The molecule has 1 aliphatic carbocycles. The van der Waals surface area contributed by atoms with Gasteiger partial charge < -0.3 is 4.90 Å². The van der Waals surface area contributed by atoms with Crippen LogP contribution in [-0.2, 0) is 17.6 Å². The molecule has 0 bridgehead atoms. The largest absolute Gasteiger partial charge is 0.339 e. The first-order valence-corrected chi connectivity index (χ1v) is 8.13. The average Bonchev–Trinajstić information content (AvgIpc) is 3.01. The Hall–Kier alpha value is -1.64. The van der Waals surface area contributed by atoms with Gasteiger partial charge in [-0.3, -0.25) is 9.59 Å². The van der Waals surface area contributed by atoms with E-state index in [9.17, 15) is 9.59 Å². The number of benzene rings is 1. The minimum atomic E-state index is 0.132. The zero-order chi connectivity index (χ0) is 14.8. The van der Waals surface area contributed by atoms with Crippen LogP contribution in [0.15, 0.2) is 18.2 Å². The van der Waals surface area contributed by atoms with E-state index in [1.807, 2.05) is 17.9 Å². The van der Waals surface area contributed by atoms with E-state index in [0.29, 0.717) is 25.3 Å². The van der Waals surface area contributed by atoms with E-state index in [-0.39, 0.29) is 11.8 Å². The van der Waals surface area contributed by atoms with Crippen molar-refractivity contribution in [2.24, 2.45) is 5.92 Å². The van der Waals surface area contributed by atoms with Crippen LogP contribution in [0, 0.1) is 5.92 Å². The first-order chi connectivity index (χ1) is 10.2. The number of rotatable bonds is 3. The van der Waals surface area contributed by atoms with Crippen LogP contribution in [0.1, 0.15) is 54.1 Å². The van der Waals surface area contributed by atoms with Crippen molar-refractivity contribution in [3.05, 3.63) is 34.9 Å². The van der Waals surface area contributed by atoms with Crippen molar-refractivity contribution < 1.29 is 9.59 Å². The summed E-state index contributed by atoms with van der Waals surface area (Å²) in [4.78, 5) is 26.2. The van der Waals surface area contributed by atoms with E-state index in [4.69, 9.17) is 0 Å². The molecule has 0 atom stereocenters. The highest BCUT2D eigenvalue weighted by atomic mass is 16.2. The number of fused-ring (bicyclic) bond motifs is 1. The third kappa shape index (κ3) is 2.87.